The highest BCUT2D eigenvalue weighted by atomic mass is 14.6. The molecule has 0 saturated carbocycles. The van der Waals surface area contributed by atoms with Crippen molar-refractivity contribution in [3.8, 4) is 11.1 Å². The van der Waals surface area contributed by atoms with Crippen LogP contribution in [0, 0.1) is 6.92 Å². The first-order chi connectivity index (χ1) is 8.34. The van der Waals surface area contributed by atoms with Gasteiger partial charge in [0.15, 0.2) is 0 Å². The molecule has 0 atom stereocenters. The summed E-state index contributed by atoms with van der Waals surface area (Å²) in [5.41, 5.74) is 6.96. The van der Waals surface area contributed by atoms with Crippen LogP contribution in [0.15, 0.2) is 36.7 Å². The second kappa shape index (κ2) is 4.33. The molecule has 0 saturated heterocycles. The van der Waals surface area contributed by atoms with E-state index in [1.807, 2.05) is 12.4 Å². The Bertz CT molecular complexity index is 543. The molecule has 1 heterocycles. The summed E-state index contributed by atoms with van der Waals surface area (Å²) < 4.78 is 0. The molecule has 0 amide bonds. The van der Waals surface area contributed by atoms with Gasteiger partial charge in [-0.1, -0.05) is 18.2 Å². The van der Waals surface area contributed by atoms with E-state index in [9.17, 15) is 0 Å². The van der Waals surface area contributed by atoms with Crippen LogP contribution in [0.2, 0.25) is 0 Å². The molecule has 1 aromatic heterocycles. The zero-order valence-electron chi connectivity index (χ0n) is 10.2. The largest absolute Gasteiger partial charge is 0.264 e. The molecule has 0 fully saturated rings. The van der Waals surface area contributed by atoms with Gasteiger partial charge in [-0.25, -0.2) is 0 Å². The topological polar surface area (TPSA) is 12.9 Å². The van der Waals surface area contributed by atoms with Gasteiger partial charge in [-0.05, 0) is 60.9 Å². The fraction of sp³-hybridized carbons (Fsp3) is 0.312. The average Bonchev–Trinajstić information content (AvgIpc) is 2.39. The predicted molar refractivity (Wildman–Crippen MR) is 71.1 cm³/mol. The third-order valence-electron chi connectivity index (χ3n) is 3.70. The third kappa shape index (κ3) is 1.97. The minimum absolute atomic E-state index is 1.24. The number of aromatic nitrogens is 1. The summed E-state index contributed by atoms with van der Waals surface area (Å²) in [6, 6.07) is 8.98. The van der Waals surface area contributed by atoms with E-state index < -0.39 is 0 Å². The molecule has 0 spiro atoms. The molecule has 0 N–H and O–H groups in total. The van der Waals surface area contributed by atoms with Crippen LogP contribution in [0.5, 0.6) is 0 Å². The highest BCUT2D eigenvalue weighted by Crippen LogP contribution is 2.28. The zero-order valence-corrected chi connectivity index (χ0v) is 10.2. The van der Waals surface area contributed by atoms with Crippen molar-refractivity contribution in [2.24, 2.45) is 0 Å². The Hall–Kier alpha value is -1.63. The normalized spacial score (nSPS) is 14.4. The van der Waals surface area contributed by atoms with Crippen LogP contribution in [-0.4, -0.2) is 4.98 Å². The zero-order chi connectivity index (χ0) is 11.7. The molecular formula is C16H17N. The molecule has 86 valence electrons. The first-order valence-corrected chi connectivity index (χ1v) is 6.37. The van der Waals surface area contributed by atoms with E-state index in [4.69, 9.17) is 0 Å². The van der Waals surface area contributed by atoms with Gasteiger partial charge in [0.25, 0.3) is 0 Å². The smallest absolute Gasteiger partial charge is 0.0349 e. The molecular weight excluding hydrogens is 206 g/mol. The Labute approximate surface area is 103 Å². The van der Waals surface area contributed by atoms with Gasteiger partial charge in [0, 0.05) is 18.0 Å². The second-order valence-electron chi connectivity index (χ2n) is 4.88. The van der Waals surface area contributed by atoms with E-state index in [0.717, 1.165) is 0 Å². The lowest BCUT2D eigenvalue weighted by molar-refractivity contribution is 0.686. The molecule has 0 bridgehead atoms. The van der Waals surface area contributed by atoms with Gasteiger partial charge in [0.2, 0.25) is 0 Å². The highest BCUT2D eigenvalue weighted by molar-refractivity contribution is 5.67. The van der Waals surface area contributed by atoms with Crippen LogP contribution in [-0.2, 0) is 12.8 Å². The number of fused-ring (bicyclic) bond motifs is 1. The quantitative estimate of drug-likeness (QED) is 0.713. The number of hydrogen-bond acceptors (Lipinski definition) is 1. The van der Waals surface area contributed by atoms with Gasteiger partial charge in [-0.3, -0.25) is 4.98 Å². The highest BCUT2D eigenvalue weighted by Gasteiger charge is 2.10. The molecule has 1 aliphatic carbocycles. The Kier molecular flexibility index (Phi) is 2.68. The number of pyridine rings is 1. The molecule has 3 rings (SSSR count). The summed E-state index contributed by atoms with van der Waals surface area (Å²) in [7, 11) is 0. The molecule has 1 heteroatoms. The SMILES string of the molecule is Cc1ccncc1-c1ccc2c(c1)CCCC2. The van der Waals surface area contributed by atoms with E-state index in [1.165, 1.54) is 47.9 Å². The van der Waals surface area contributed by atoms with E-state index in [-0.39, 0.29) is 0 Å². The molecule has 0 aliphatic heterocycles. The Balaban J connectivity index is 2.07. The first-order valence-electron chi connectivity index (χ1n) is 6.37. The predicted octanol–water partition coefficient (Wildman–Crippen LogP) is 3.94. The minimum atomic E-state index is 1.24. The van der Waals surface area contributed by atoms with Crippen molar-refractivity contribution in [3.63, 3.8) is 0 Å². The Morgan fingerprint density at radius 1 is 1.00 bits per heavy atom. The van der Waals surface area contributed by atoms with Gasteiger partial charge in [-0.2, -0.15) is 0 Å². The van der Waals surface area contributed by atoms with Crippen LogP contribution in [0.1, 0.15) is 29.5 Å². The van der Waals surface area contributed by atoms with Crippen molar-refractivity contribution >= 4 is 0 Å². The fourth-order valence-electron chi connectivity index (χ4n) is 2.67. The summed E-state index contributed by atoms with van der Waals surface area (Å²) in [6.45, 7) is 2.15. The lowest BCUT2D eigenvalue weighted by Crippen LogP contribution is -2.02. The summed E-state index contributed by atoms with van der Waals surface area (Å²) in [5.74, 6) is 0. The van der Waals surface area contributed by atoms with Gasteiger partial charge >= 0.3 is 0 Å². The molecule has 17 heavy (non-hydrogen) atoms. The van der Waals surface area contributed by atoms with E-state index in [1.54, 1.807) is 5.56 Å². The van der Waals surface area contributed by atoms with Crippen LogP contribution >= 0.6 is 0 Å². The van der Waals surface area contributed by atoms with Gasteiger partial charge in [0.1, 0.15) is 0 Å². The van der Waals surface area contributed by atoms with Gasteiger partial charge in [-0.15, -0.1) is 0 Å². The van der Waals surface area contributed by atoms with Crippen LogP contribution in [0.3, 0.4) is 0 Å². The summed E-state index contributed by atoms with van der Waals surface area (Å²) in [6.07, 6.45) is 9.00. The van der Waals surface area contributed by atoms with E-state index in [0.29, 0.717) is 0 Å². The van der Waals surface area contributed by atoms with Crippen LogP contribution < -0.4 is 0 Å². The van der Waals surface area contributed by atoms with Crippen LogP contribution in [0.25, 0.3) is 11.1 Å². The van der Waals surface area contributed by atoms with Crippen molar-refractivity contribution in [2.75, 3.05) is 0 Å². The van der Waals surface area contributed by atoms with Crippen molar-refractivity contribution in [1.82, 2.24) is 4.98 Å². The number of nitrogens with zero attached hydrogens (tertiary/aromatic N) is 1. The summed E-state index contributed by atoms with van der Waals surface area (Å²) in [4.78, 5) is 4.23. The number of aryl methyl sites for hydroxylation is 3. The fourth-order valence-corrected chi connectivity index (χ4v) is 2.67. The van der Waals surface area contributed by atoms with Crippen molar-refractivity contribution in [2.45, 2.75) is 32.6 Å². The maximum absolute atomic E-state index is 4.23. The monoisotopic (exact) mass is 223 g/mol. The molecule has 0 unspecified atom stereocenters. The van der Waals surface area contributed by atoms with E-state index >= 15 is 0 Å². The Morgan fingerprint density at radius 3 is 2.65 bits per heavy atom. The standard InChI is InChI=1S/C16H17N/c1-12-8-9-17-11-16(12)15-7-6-13-4-2-3-5-14(13)10-15/h6-11H,2-5H2,1H3. The van der Waals surface area contributed by atoms with Crippen molar-refractivity contribution < 1.29 is 0 Å². The summed E-state index contributed by atoms with van der Waals surface area (Å²) >= 11 is 0. The number of rotatable bonds is 1. The van der Waals surface area contributed by atoms with Crippen molar-refractivity contribution in [3.05, 3.63) is 53.3 Å². The van der Waals surface area contributed by atoms with Crippen LogP contribution in [0.4, 0.5) is 0 Å². The molecule has 1 aromatic carbocycles. The Morgan fingerprint density at radius 2 is 1.82 bits per heavy atom. The first kappa shape index (κ1) is 10.5. The summed E-state index contributed by atoms with van der Waals surface area (Å²) in [5, 5.41) is 0. The third-order valence-corrected chi connectivity index (χ3v) is 3.70. The number of benzene rings is 1. The molecule has 0 radical (unpaired) electrons. The van der Waals surface area contributed by atoms with E-state index in [2.05, 4.69) is 36.2 Å². The van der Waals surface area contributed by atoms with Gasteiger partial charge < -0.3 is 0 Å². The maximum Gasteiger partial charge on any atom is 0.0349 e. The molecule has 1 aliphatic rings. The molecule has 2 aromatic rings. The van der Waals surface area contributed by atoms with Gasteiger partial charge in [0.05, 0.1) is 0 Å². The average molecular weight is 223 g/mol. The minimum Gasteiger partial charge on any atom is -0.264 e. The molecule has 1 nitrogen and oxygen atoms in total. The second-order valence-corrected chi connectivity index (χ2v) is 4.88. The van der Waals surface area contributed by atoms with Crippen molar-refractivity contribution in [1.29, 1.82) is 0 Å². The lowest BCUT2D eigenvalue weighted by atomic mass is 9.89. The number of hydrogen-bond donors (Lipinski definition) is 0. The maximum atomic E-state index is 4.23. The lowest BCUT2D eigenvalue weighted by Gasteiger charge is -2.17.